The van der Waals surface area contributed by atoms with Gasteiger partial charge in [0.1, 0.15) is 5.82 Å². The number of carbonyl (C=O) groups is 2. The van der Waals surface area contributed by atoms with Crippen LogP contribution in [0.15, 0.2) is 48.8 Å². The summed E-state index contributed by atoms with van der Waals surface area (Å²) >= 11 is 0. The molecule has 2 aromatic heterocycles. The number of nitrogens with zero attached hydrogens (tertiary/aromatic N) is 5. The average Bonchev–Trinajstić information content (AvgIpc) is 3.28. The number of para-hydroxylation sites is 2. The molecule has 3 aliphatic rings. The molecule has 2 amide bonds. The molecule has 6 rings (SSSR count). The Hall–Kier alpha value is -3.26. The Morgan fingerprint density at radius 1 is 1.08 bits per heavy atom. The van der Waals surface area contributed by atoms with Crippen LogP contribution in [-0.2, 0) is 18.4 Å². The molecule has 0 radical (unpaired) electrons. The average molecular weight is 515 g/mol. The van der Waals surface area contributed by atoms with Gasteiger partial charge in [-0.05, 0) is 87.7 Å². The first-order chi connectivity index (χ1) is 18.6. The van der Waals surface area contributed by atoms with Crippen LogP contribution in [0.2, 0.25) is 0 Å². The molecule has 3 fully saturated rings. The first kappa shape index (κ1) is 25.0. The van der Waals surface area contributed by atoms with Crippen molar-refractivity contribution in [1.82, 2.24) is 29.7 Å². The summed E-state index contributed by atoms with van der Waals surface area (Å²) in [5.74, 6) is 2.01. The van der Waals surface area contributed by atoms with Crippen molar-refractivity contribution in [2.45, 2.75) is 63.6 Å². The Morgan fingerprint density at radius 2 is 1.92 bits per heavy atom. The van der Waals surface area contributed by atoms with Gasteiger partial charge in [-0.2, -0.15) is 0 Å². The van der Waals surface area contributed by atoms with Crippen molar-refractivity contribution in [3.8, 4) is 0 Å². The number of fused-ring (bicyclic) bond motifs is 1. The van der Waals surface area contributed by atoms with Gasteiger partial charge in [-0.1, -0.05) is 12.1 Å². The molecule has 0 bridgehead atoms. The van der Waals surface area contributed by atoms with E-state index in [2.05, 4.69) is 25.1 Å². The molecular weight excluding hydrogens is 476 g/mol. The van der Waals surface area contributed by atoms with Crippen LogP contribution in [0.1, 0.15) is 61.1 Å². The first-order valence-electron chi connectivity index (χ1n) is 14.2. The van der Waals surface area contributed by atoms with Gasteiger partial charge in [0, 0.05) is 44.5 Å². The summed E-state index contributed by atoms with van der Waals surface area (Å²) in [6.45, 7) is 3.60. The predicted octanol–water partition coefficient (Wildman–Crippen LogP) is 3.77. The molecule has 3 saturated heterocycles. The topological polar surface area (TPSA) is 83.4 Å². The van der Waals surface area contributed by atoms with Gasteiger partial charge in [-0.25, -0.2) is 4.98 Å². The van der Waals surface area contributed by atoms with Crippen molar-refractivity contribution in [2.24, 2.45) is 18.9 Å². The predicted molar refractivity (Wildman–Crippen MR) is 146 cm³/mol. The highest BCUT2D eigenvalue weighted by atomic mass is 16.2. The fourth-order valence-corrected chi connectivity index (χ4v) is 7.34. The lowest BCUT2D eigenvalue weighted by Crippen LogP contribution is -2.65. The first-order valence-corrected chi connectivity index (χ1v) is 14.2. The number of nitrogens with one attached hydrogen (secondary N) is 1. The molecule has 3 aromatic rings. The molecule has 8 heteroatoms. The molecule has 8 nitrogen and oxygen atoms in total. The van der Waals surface area contributed by atoms with Gasteiger partial charge in [0.25, 0.3) is 5.91 Å². The Morgan fingerprint density at radius 3 is 2.74 bits per heavy atom. The Labute approximate surface area is 224 Å². The molecule has 4 atom stereocenters. The number of carbonyl (C=O) groups excluding carboxylic acids is 2. The highest BCUT2D eigenvalue weighted by Crippen LogP contribution is 2.43. The molecule has 0 unspecified atom stereocenters. The number of benzene rings is 1. The highest BCUT2D eigenvalue weighted by molar-refractivity contribution is 5.94. The van der Waals surface area contributed by atoms with E-state index in [0.717, 1.165) is 42.7 Å². The number of imidazole rings is 1. The van der Waals surface area contributed by atoms with Crippen LogP contribution >= 0.6 is 0 Å². The van der Waals surface area contributed by atoms with E-state index in [1.807, 2.05) is 48.0 Å². The number of piperidine rings is 3. The summed E-state index contributed by atoms with van der Waals surface area (Å²) in [6, 6.07) is 12.5. The Balaban J connectivity index is 1.12. The number of rotatable bonds is 7. The number of likely N-dealkylation sites (tertiary alicyclic amines) is 1. The van der Waals surface area contributed by atoms with E-state index in [1.165, 1.54) is 32.4 Å². The minimum absolute atomic E-state index is 0.0406. The van der Waals surface area contributed by atoms with Gasteiger partial charge in [-0.3, -0.25) is 19.5 Å². The fourth-order valence-electron chi connectivity index (χ4n) is 7.34. The van der Waals surface area contributed by atoms with E-state index in [-0.39, 0.29) is 17.9 Å². The lowest BCUT2D eigenvalue weighted by Gasteiger charge is -2.57. The third-order valence-electron chi connectivity index (χ3n) is 9.07. The summed E-state index contributed by atoms with van der Waals surface area (Å²) < 4.78 is 2.04. The normalized spacial score (nSPS) is 25.2. The monoisotopic (exact) mass is 514 g/mol. The Kier molecular flexibility index (Phi) is 7.15. The zero-order valence-corrected chi connectivity index (χ0v) is 22.3. The molecule has 0 aliphatic carbocycles. The van der Waals surface area contributed by atoms with Crippen LogP contribution in [0.3, 0.4) is 0 Å². The van der Waals surface area contributed by atoms with Crippen LogP contribution in [0.25, 0.3) is 11.0 Å². The largest absolute Gasteiger partial charge is 0.349 e. The smallest absolute Gasteiger partial charge is 0.255 e. The number of hydrogen-bond acceptors (Lipinski definition) is 5. The van der Waals surface area contributed by atoms with Crippen molar-refractivity contribution in [1.29, 1.82) is 0 Å². The molecule has 0 saturated carbocycles. The van der Waals surface area contributed by atoms with Crippen molar-refractivity contribution in [3.63, 3.8) is 0 Å². The summed E-state index contributed by atoms with van der Waals surface area (Å²) in [5.41, 5.74) is 2.67. The van der Waals surface area contributed by atoms with E-state index in [9.17, 15) is 9.59 Å². The van der Waals surface area contributed by atoms with Crippen molar-refractivity contribution in [3.05, 3.63) is 60.2 Å². The summed E-state index contributed by atoms with van der Waals surface area (Å²) in [6.07, 6.45) is 10.3. The van der Waals surface area contributed by atoms with Crippen LogP contribution in [0.4, 0.5) is 0 Å². The minimum atomic E-state index is 0.0406. The summed E-state index contributed by atoms with van der Waals surface area (Å²) in [4.78, 5) is 40.2. The van der Waals surface area contributed by atoms with Crippen LogP contribution in [-0.4, -0.2) is 67.9 Å². The molecule has 38 heavy (non-hydrogen) atoms. The van der Waals surface area contributed by atoms with Gasteiger partial charge >= 0.3 is 0 Å². The number of pyridine rings is 1. The minimum Gasteiger partial charge on any atom is -0.349 e. The lowest BCUT2D eigenvalue weighted by molar-refractivity contribution is -0.121. The molecule has 1 aromatic carbocycles. The van der Waals surface area contributed by atoms with Gasteiger partial charge in [0.05, 0.1) is 23.1 Å². The van der Waals surface area contributed by atoms with E-state index in [0.29, 0.717) is 36.4 Å². The third kappa shape index (κ3) is 4.82. The van der Waals surface area contributed by atoms with Crippen LogP contribution in [0, 0.1) is 11.8 Å². The molecular formula is C30H38N6O2. The number of aryl methyl sites for hydroxylation is 1. The van der Waals surface area contributed by atoms with Gasteiger partial charge in [0.15, 0.2) is 0 Å². The van der Waals surface area contributed by atoms with E-state index >= 15 is 0 Å². The van der Waals surface area contributed by atoms with Gasteiger partial charge in [-0.15, -0.1) is 0 Å². The van der Waals surface area contributed by atoms with E-state index in [1.54, 1.807) is 12.4 Å². The van der Waals surface area contributed by atoms with Gasteiger partial charge in [0.2, 0.25) is 5.91 Å². The second-order valence-electron chi connectivity index (χ2n) is 11.2. The molecule has 5 heterocycles. The number of hydrogen-bond donors (Lipinski definition) is 1. The van der Waals surface area contributed by atoms with Gasteiger partial charge < -0.3 is 14.8 Å². The molecule has 200 valence electrons. The van der Waals surface area contributed by atoms with Crippen LogP contribution in [0.5, 0.6) is 0 Å². The maximum absolute atomic E-state index is 13.7. The third-order valence-corrected chi connectivity index (χ3v) is 9.07. The SMILES string of the molecule is Cn1c(CNC(=O)CCC[C@@H]2[C@H]3CCCN4CCC[C@@H](CN2C(=O)c2cccnc2)[C@@H]34)nc2ccccc21. The second-order valence-corrected chi connectivity index (χ2v) is 11.2. The quantitative estimate of drug-likeness (QED) is 0.519. The summed E-state index contributed by atoms with van der Waals surface area (Å²) in [7, 11) is 1.99. The van der Waals surface area contributed by atoms with E-state index in [4.69, 9.17) is 0 Å². The zero-order chi connectivity index (χ0) is 26.1. The molecule has 0 spiro atoms. The molecule has 1 N–H and O–H groups in total. The fraction of sp³-hybridized carbons (Fsp3) is 0.533. The highest BCUT2D eigenvalue weighted by Gasteiger charge is 2.49. The Bertz CT molecular complexity index is 1290. The van der Waals surface area contributed by atoms with E-state index < -0.39 is 0 Å². The van der Waals surface area contributed by atoms with Crippen molar-refractivity contribution in [2.75, 3.05) is 19.6 Å². The number of amides is 2. The van der Waals surface area contributed by atoms with Crippen molar-refractivity contribution >= 4 is 22.8 Å². The standard InChI is InChI=1S/C30H38N6O2/c1-34-26-12-3-2-11-24(26)33-27(34)19-32-28(37)14-4-13-25-23-10-7-17-35-16-6-9-22(29(23)35)20-36(25)30(38)21-8-5-15-31-18-21/h2-3,5,8,11-12,15,18,22-23,25,29H,4,6-7,9-10,13-14,16-17,19-20H2,1H3,(H,32,37)/t22-,23+,25+,29-/m0/s1. The summed E-state index contributed by atoms with van der Waals surface area (Å²) in [5, 5.41) is 3.07. The van der Waals surface area contributed by atoms with Crippen LogP contribution < -0.4 is 5.32 Å². The molecule has 3 aliphatic heterocycles. The lowest BCUT2D eigenvalue weighted by atomic mass is 9.69. The number of aromatic nitrogens is 3. The zero-order valence-electron chi connectivity index (χ0n) is 22.3. The maximum atomic E-state index is 13.7. The van der Waals surface area contributed by atoms with Crippen molar-refractivity contribution < 1.29 is 9.59 Å². The maximum Gasteiger partial charge on any atom is 0.255 e. The second kappa shape index (κ2) is 10.8.